The van der Waals surface area contributed by atoms with Crippen molar-refractivity contribution < 1.29 is 65.0 Å². The maximum atomic E-state index is 15.2. The van der Waals surface area contributed by atoms with E-state index < -0.39 is 64.3 Å². The average molecular weight is 544 g/mol. The highest BCUT2D eigenvalue weighted by molar-refractivity contribution is 7.71. The molecule has 0 radical (unpaired) electrons. The highest BCUT2D eigenvalue weighted by Gasteiger charge is 2.67. The van der Waals surface area contributed by atoms with Gasteiger partial charge in [-0.3, -0.25) is 18.9 Å². The van der Waals surface area contributed by atoms with E-state index in [0.717, 1.165) is 12.3 Å². The fraction of sp³-hybridized carbons (Fsp3) is 0.455. The number of nitrogens with zero attached hydrogens (tertiary/aromatic N) is 1. The molecule has 21 heteroatoms. The number of phosphoric acid groups is 3. The summed E-state index contributed by atoms with van der Waals surface area (Å²) in [5.74, 6) is -2.26. The van der Waals surface area contributed by atoms with Crippen LogP contribution in [-0.4, -0.2) is 58.5 Å². The Labute approximate surface area is 181 Å². The van der Waals surface area contributed by atoms with E-state index in [1.807, 2.05) is 0 Å². The number of phosphoric ester groups is 1. The molecule has 6 N–H and O–H groups in total. The van der Waals surface area contributed by atoms with Crippen LogP contribution < -0.4 is 5.56 Å². The number of aliphatic hydroxyl groups is 1. The van der Waals surface area contributed by atoms with Crippen LogP contribution in [0.1, 0.15) is 6.23 Å². The molecular weight excluding hydrogens is 531 g/mol. The molecule has 1 aromatic heterocycles. The van der Waals surface area contributed by atoms with Crippen LogP contribution >= 0.6 is 35.7 Å². The van der Waals surface area contributed by atoms with Gasteiger partial charge in [0.15, 0.2) is 17.1 Å². The van der Waals surface area contributed by atoms with E-state index in [0.29, 0.717) is 4.57 Å². The van der Waals surface area contributed by atoms with Gasteiger partial charge in [-0.15, -0.1) is 6.42 Å². The van der Waals surface area contributed by atoms with Crippen molar-refractivity contribution in [2.24, 2.45) is 0 Å². The molecule has 0 aliphatic carbocycles. The van der Waals surface area contributed by atoms with E-state index in [-0.39, 0.29) is 0 Å². The molecule has 180 valence electrons. The molecule has 0 spiro atoms. The van der Waals surface area contributed by atoms with Crippen molar-refractivity contribution in [2.45, 2.75) is 23.9 Å². The van der Waals surface area contributed by atoms with Gasteiger partial charge >= 0.3 is 23.5 Å². The topological polar surface area (TPSA) is 227 Å². The Morgan fingerprint density at radius 2 is 1.84 bits per heavy atom. The summed E-state index contributed by atoms with van der Waals surface area (Å²) in [7, 11) is -17.4. The van der Waals surface area contributed by atoms with Crippen LogP contribution in [-0.2, 0) is 31.6 Å². The molecule has 3 unspecified atom stereocenters. The molecule has 1 aromatic rings. The molecular formula is C11H13F2N2O13P3S. The maximum Gasteiger partial charge on any atom is 0.490 e. The highest BCUT2D eigenvalue weighted by Crippen LogP contribution is 2.66. The van der Waals surface area contributed by atoms with Crippen LogP contribution in [0.5, 0.6) is 0 Å². The van der Waals surface area contributed by atoms with Crippen molar-refractivity contribution in [3.8, 4) is 12.3 Å². The Morgan fingerprint density at radius 3 is 2.34 bits per heavy atom. The minimum Gasteiger partial charge on any atom is -0.383 e. The van der Waals surface area contributed by atoms with Crippen molar-refractivity contribution in [2.75, 3.05) is 6.61 Å². The predicted molar refractivity (Wildman–Crippen MR) is 98.3 cm³/mol. The van der Waals surface area contributed by atoms with Gasteiger partial charge in [0.2, 0.25) is 5.67 Å². The molecule has 0 aromatic carbocycles. The quantitative estimate of drug-likeness (QED) is 0.145. The van der Waals surface area contributed by atoms with Gasteiger partial charge in [-0.05, 0) is 12.2 Å². The minimum absolute atomic E-state index is 0.510. The number of nitrogens with one attached hydrogen (secondary N) is 1. The zero-order valence-corrected chi connectivity index (χ0v) is 18.5. The van der Waals surface area contributed by atoms with Gasteiger partial charge in [0.05, 0.1) is 0 Å². The molecule has 0 bridgehead atoms. The Morgan fingerprint density at radius 1 is 1.25 bits per heavy atom. The van der Waals surface area contributed by atoms with Crippen molar-refractivity contribution >= 4 is 35.7 Å². The van der Waals surface area contributed by atoms with E-state index in [1.165, 1.54) is 5.92 Å². The van der Waals surface area contributed by atoms with Crippen LogP contribution in [0, 0.1) is 17.1 Å². The monoisotopic (exact) mass is 544 g/mol. The second-order valence-electron chi connectivity index (χ2n) is 5.95. The van der Waals surface area contributed by atoms with E-state index in [1.54, 1.807) is 0 Å². The van der Waals surface area contributed by atoms with Gasteiger partial charge in [-0.2, -0.15) is 8.62 Å². The zero-order valence-electron chi connectivity index (χ0n) is 15.0. The molecule has 0 saturated carbocycles. The molecule has 2 rings (SSSR count). The lowest BCUT2D eigenvalue weighted by atomic mass is 9.96. The minimum atomic E-state index is -5.92. The second kappa shape index (κ2) is 8.90. The number of ether oxygens (including phenoxy) is 1. The van der Waals surface area contributed by atoms with Gasteiger partial charge in [0.25, 0.3) is 11.4 Å². The van der Waals surface area contributed by atoms with Gasteiger partial charge in [0.1, 0.15) is 6.61 Å². The molecule has 2 heterocycles. The van der Waals surface area contributed by atoms with E-state index in [9.17, 15) is 28.5 Å². The summed E-state index contributed by atoms with van der Waals surface area (Å²) < 4.78 is 79.7. The van der Waals surface area contributed by atoms with Gasteiger partial charge in [0, 0.05) is 12.3 Å². The third-order valence-corrected chi connectivity index (χ3v) is 7.73. The van der Waals surface area contributed by atoms with Crippen molar-refractivity contribution in [3.05, 3.63) is 27.4 Å². The number of terminal acetylenes is 1. The fourth-order valence-electron chi connectivity index (χ4n) is 2.39. The summed E-state index contributed by atoms with van der Waals surface area (Å²) in [6.45, 7) is -1.86. The number of hydrogen-bond acceptors (Lipinski definition) is 10. The molecule has 1 aliphatic heterocycles. The van der Waals surface area contributed by atoms with Gasteiger partial charge in [-0.1, -0.05) is 5.92 Å². The van der Waals surface area contributed by atoms with Crippen molar-refractivity contribution in [1.29, 1.82) is 0 Å². The first-order chi connectivity index (χ1) is 14.3. The predicted octanol–water partition coefficient (Wildman–Crippen LogP) is 0.146. The second-order valence-corrected chi connectivity index (χ2v) is 10.8. The first-order valence-electron chi connectivity index (χ1n) is 7.65. The number of aliphatic hydroxyl groups excluding tert-OH is 1. The zero-order chi connectivity index (χ0) is 24.8. The summed E-state index contributed by atoms with van der Waals surface area (Å²) in [5, 5.41) is 10.1. The number of halogens is 2. The maximum absolute atomic E-state index is 15.2. The first kappa shape index (κ1) is 27.1. The van der Waals surface area contributed by atoms with Crippen LogP contribution in [0.25, 0.3) is 0 Å². The van der Waals surface area contributed by atoms with Crippen LogP contribution in [0.2, 0.25) is 0 Å². The number of aromatic nitrogens is 2. The van der Waals surface area contributed by atoms with Crippen LogP contribution in [0.4, 0.5) is 8.78 Å². The normalized spacial score (nSPS) is 32.1. The standard InChI is InChI=1S/C11H13F2N2O13P3S/c1-2-10(12)7(17)11(13,26-8(10)15-4-3-6(16)14-9(15)32)5-25-30(21,22)28-31(23,24)27-29(18,19)20/h1,3-4,7-8,17H,5H2,(H,21,22)(H,23,24)(H,14,16,32)(H2,18,19,20)/t7?,8-,10-,11-/m1/s1. The average Bonchev–Trinajstić information content (AvgIpc) is 2.80. The van der Waals surface area contributed by atoms with Crippen LogP contribution in [0.3, 0.4) is 0 Å². The molecule has 1 aliphatic rings. The van der Waals surface area contributed by atoms with Crippen molar-refractivity contribution in [1.82, 2.24) is 9.55 Å². The van der Waals surface area contributed by atoms with E-state index >= 15 is 8.78 Å². The summed E-state index contributed by atoms with van der Waals surface area (Å²) >= 11 is 4.78. The smallest absolute Gasteiger partial charge is 0.383 e. The number of rotatable bonds is 8. The number of H-pyrrole nitrogens is 1. The third kappa shape index (κ3) is 6.04. The largest absolute Gasteiger partial charge is 0.490 e. The molecule has 32 heavy (non-hydrogen) atoms. The number of alkyl halides is 2. The Bertz CT molecular complexity index is 1190. The molecule has 0 amide bonds. The molecule has 6 atom stereocenters. The van der Waals surface area contributed by atoms with E-state index in [2.05, 4.69) is 18.1 Å². The summed E-state index contributed by atoms with van der Waals surface area (Å²) in [6.07, 6.45) is 0.730. The number of hydrogen-bond donors (Lipinski definition) is 6. The Kier molecular flexibility index (Phi) is 7.53. The summed E-state index contributed by atoms with van der Waals surface area (Å²) in [5.41, 5.74) is -4.11. The molecule has 1 fully saturated rings. The molecule has 1 saturated heterocycles. The van der Waals surface area contributed by atoms with Crippen LogP contribution in [0.15, 0.2) is 17.1 Å². The summed E-state index contributed by atoms with van der Waals surface area (Å²) in [4.78, 5) is 48.7. The van der Waals surface area contributed by atoms with Gasteiger partial charge < -0.3 is 29.4 Å². The Balaban J connectivity index is 2.28. The van der Waals surface area contributed by atoms with Crippen molar-refractivity contribution in [3.63, 3.8) is 0 Å². The summed E-state index contributed by atoms with van der Waals surface area (Å²) in [6, 6.07) is 0.826. The number of aromatic amines is 1. The fourth-order valence-corrected chi connectivity index (χ4v) is 5.68. The Hall–Kier alpha value is -1.15. The highest BCUT2D eigenvalue weighted by atomic mass is 32.1. The SMILES string of the molecule is C#C[C@@]1(F)C(O)[C@@](F)(COP(=O)(O)OP(=O)(O)OP(=O)(O)O)O[C@H]1n1ccc(=O)[nH]c1=S. The lowest BCUT2D eigenvalue weighted by Crippen LogP contribution is -2.47. The lowest BCUT2D eigenvalue weighted by Gasteiger charge is -2.25. The third-order valence-electron chi connectivity index (χ3n) is 3.64. The molecule has 15 nitrogen and oxygen atoms in total. The lowest BCUT2D eigenvalue weighted by molar-refractivity contribution is -0.204. The first-order valence-corrected chi connectivity index (χ1v) is 12.6. The van der Waals surface area contributed by atoms with Gasteiger partial charge in [-0.25, -0.2) is 22.5 Å². The van der Waals surface area contributed by atoms with E-state index in [4.69, 9.17) is 38.1 Å².